The number of nitrogens with zero attached hydrogens (tertiary/aromatic N) is 1. The zero-order valence-electron chi connectivity index (χ0n) is 64.1. The monoisotopic (exact) mass is 1360 g/mol. The molecule has 0 spiro atoms. The number of phosphoric acid groups is 1. The van der Waals surface area contributed by atoms with Crippen molar-refractivity contribution < 1.29 is 42.1 Å². The van der Waals surface area contributed by atoms with Crippen molar-refractivity contribution in [1.82, 2.24) is 0 Å². The number of ether oxygens (including phenoxy) is 2. The molecular formula is C86H158NO8P. The van der Waals surface area contributed by atoms with Gasteiger partial charge in [-0.15, -0.1) is 0 Å². The van der Waals surface area contributed by atoms with Crippen LogP contribution in [0.4, 0.5) is 0 Å². The van der Waals surface area contributed by atoms with Gasteiger partial charge in [-0.1, -0.05) is 381 Å². The summed E-state index contributed by atoms with van der Waals surface area (Å²) in [4.78, 5) is 38.2. The Balaban J connectivity index is 3.90. The van der Waals surface area contributed by atoms with Crippen LogP contribution in [0, 0.1) is 0 Å². The second-order valence-corrected chi connectivity index (χ2v) is 30.5. The molecular weight excluding hydrogens is 1210 g/mol. The Morgan fingerprint density at radius 3 is 0.885 bits per heavy atom. The summed E-state index contributed by atoms with van der Waals surface area (Å²) in [6.07, 6.45) is 106. The molecule has 0 aromatic heterocycles. The summed E-state index contributed by atoms with van der Waals surface area (Å²) in [5.74, 6) is -0.814. The van der Waals surface area contributed by atoms with Crippen LogP contribution in [0.25, 0.3) is 0 Å². The third kappa shape index (κ3) is 80.2. The van der Waals surface area contributed by atoms with Gasteiger partial charge >= 0.3 is 11.9 Å². The summed E-state index contributed by atoms with van der Waals surface area (Å²) >= 11 is 0. The summed E-state index contributed by atoms with van der Waals surface area (Å²) in [7, 11) is 1.18. The molecule has 0 rings (SSSR count). The lowest BCUT2D eigenvalue weighted by atomic mass is 10.0. The van der Waals surface area contributed by atoms with Gasteiger partial charge in [-0.2, -0.15) is 0 Å². The highest BCUT2D eigenvalue weighted by atomic mass is 31.2. The van der Waals surface area contributed by atoms with Gasteiger partial charge in [-0.3, -0.25) is 14.2 Å². The maximum absolute atomic E-state index is 12.9. The Labute approximate surface area is 596 Å². The largest absolute Gasteiger partial charge is 0.756 e. The van der Waals surface area contributed by atoms with Crippen molar-refractivity contribution in [3.63, 3.8) is 0 Å². The van der Waals surface area contributed by atoms with Gasteiger partial charge in [0.25, 0.3) is 7.82 Å². The Morgan fingerprint density at radius 2 is 0.594 bits per heavy atom. The lowest BCUT2D eigenvalue weighted by Gasteiger charge is -2.28. The fourth-order valence-electron chi connectivity index (χ4n) is 12.1. The average molecular weight is 1370 g/mol. The molecule has 560 valence electrons. The third-order valence-electron chi connectivity index (χ3n) is 18.4. The first-order valence-corrected chi connectivity index (χ1v) is 42.8. The van der Waals surface area contributed by atoms with Gasteiger partial charge in [0.2, 0.25) is 0 Å². The van der Waals surface area contributed by atoms with Crippen LogP contribution < -0.4 is 4.89 Å². The molecule has 0 saturated heterocycles. The van der Waals surface area contributed by atoms with Gasteiger partial charge in [-0.05, 0) is 89.9 Å². The molecule has 9 nitrogen and oxygen atoms in total. The van der Waals surface area contributed by atoms with Crippen LogP contribution in [-0.4, -0.2) is 70.0 Å². The quantitative estimate of drug-likeness (QED) is 0.0195. The molecule has 0 bridgehead atoms. The molecule has 0 saturated carbocycles. The highest BCUT2D eigenvalue weighted by Crippen LogP contribution is 2.38. The molecule has 0 amide bonds. The minimum atomic E-state index is -4.65. The van der Waals surface area contributed by atoms with E-state index in [-0.39, 0.29) is 32.0 Å². The van der Waals surface area contributed by atoms with Crippen LogP contribution in [-0.2, 0) is 32.7 Å². The predicted molar refractivity (Wildman–Crippen MR) is 416 cm³/mol. The molecule has 2 atom stereocenters. The number of carbonyl (C=O) groups excluding carboxylic acids is 2. The van der Waals surface area contributed by atoms with E-state index in [1.165, 1.54) is 289 Å². The maximum atomic E-state index is 12.9. The Kier molecular flexibility index (Phi) is 74.1. The number of quaternary nitrogens is 1. The van der Waals surface area contributed by atoms with Gasteiger partial charge < -0.3 is 27.9 Å². The molecule has 0 fully saturated rings. The van der Waals surface area contributed by atoms with Gasteiger partial charge in [0.05, 0.1) is 27.7 Å². The van der Waals surface area contributed by atoms with E-state index in [1.807, 2.05) is 21.1 Å². The summed E-state index contributed by atoms with van der Waals surface area (Å²) in [5.41, 5.74) is 0. The van der Waals surface area contributed by atoms with Crippen LogP contribution in [0.15, 0.2) is 85.1 Å². The SMILES string of the molecule is CC/C=C\C/C=C\C/C=C\C/C=C\C/C=C\CCCCCCCCCCCCCCCCCCCC(=O)OC(COC(=O)CCCCCCCCCCCCCCCCCCCCCCCCCCCCC/C=C\C/C=C\CCCCCCC)COP(=O)([O-])OCC[N+](C)(C)C. The number of esters is 2. The molecule has 10 heteroatoms. The zero-order chi connectivity index (χ0) is 69.7. The van der Waals surface area contributed by atoms with E-state index in [0.717, 1.165) is 77.0 Å². The molecule has 0 aliphatic carbocycles. The van der Waals surface area contributed by atoms with Gasteiger partial charge in [-0.25, -0.2) is 0 Å². The van der Waals surface area contributed by atoms with E-state index in [4.69, 9.17) is 18.5 Å². The van der Waals surface area contributed by atoms with Gasteiger partial charge in [0, 0.05) is 12.8 Å². The predicted octanol–water partition coefficient (Wildman–Crippen LogP) is 27.0. The molecule has 0 aliphatic heterocycles. The fraction of sp³-hybridized carbons (Fsp3) is 0.814. The Morgan fingerprint density at radius 1 is 0.333 bits per heavy atom. The van der Waals surface area contributed by atoms with Crippen molar-refractivity contribution in [3.8, 4) is 0 Å². The smallest absolute Gasteiger partial charge is 0.306 e. The van der Waals surface area contributed by atoms with E-state index >= 15 is 0 Å². The number of unbranched alkanes of at least 4 members (excludes halogenated alkanes) is 49. The second-order valence-electron chi connectivity index (χ2n) is 29.1. The summed E-state index contributed by atoms with van der Waals surface area (Å²) < 4.78 is 34.4. The number of likely N-dealkylation sites (N-methyl/N-ethyl adjacent to an activating group) is 1. The lowest BCUT2D eigenvalue weighted by Crippen LogP contribution is -2.37. The van der Waals surface area contributed by atoms with Crippen LogP contribution >= 0.6 is 7.82 Å². The highest BCUT2D eigenvalue weighted by molar-refractivity contribution is 7.45. The van der Waals surface area contributed by atoms with Crippen molar-refractivity contribution in [1.29, 1.82) is 0 Å². The molecule has 96 heavy (non-hydrogen) atoms. The number of hydrogen-bond acceptors (Lipinski definition) is 8. The molecule has 0 heterocycles. The summed E-state index contributed by atoms with van der Waals surface area (Å²) in [6, 6.07) is 0. The van der Waals surface area contributed by atoms with E-state index in [9.17, 15) is 19.0 Å². The van der Waals surface area contributed by atoms with Crippen molar-refractivity contribution >= 4 is 19.8 Å². The molecule has 0 aliphatic rings. The van der Waals surface area contributed by atoms with Gasteiger partial charge in [0.1, 0.15) is 19.8 Å². The van der Waals surface area contributed by atoms with Crippen molar-refractivity contribution in [2.24, 2.45) is 0 Å². The van der Waals surface area contributed by atoms with Crippen molar-refractivity contribution in [2.45, 2.75) is 405 Å². The number of carbonyl (C=O) groups is 2. The maximum Gasteiger partial charge on any atom is 0.306 e. The van der Waals surface area contributed by atoms with Crippen molar-refractivity contribution in [2.75, 3.05) is 47.5 Å². The third-order valence-corrected chi connectivity index (χ3v) is 19.4. The standard InChI is InChI=1S/C86H158NO8P/c1-6-8-10-12-14-16-18-20-22-24-26-28-30-32-34-36-38-40-41-42-43-44-45-47-48-50-52-54-56-58-60-62-64-66-68-70-72-74-76-78-85(88)92-82-84(83-94-96(90,91)93-81-80-87(3,4)5)95-86(89)79-77-75-73-71-69-67-65-63-61-59-57-55-53-51-49-46-39-37-35-33-31-29-27-25-23-21-19-17-15-13-11-9-7-2/h9,11,15,17-18,20-21,23-24,26-27,29,33,35,84H,6-8,10,12-14,16,19,22,25,28,30-32,34,36-83H2,1-5H3/b11-9-,17-15-,20-18-,23-21-,26-24-,29-27-,35-33-. The Hall–Kier alpha value is -2.81. The lowest BCUT2D eigenvalue weighted by molar-refractivity contribution is -0.870. The normalized spacial score (nSPS) is 13.4. The highest BCUT2D eigenvalue weighted by Gasteiger charge is 2.22. The van der Waals surface area contributed by atoms with Gasteiger partial charge in [0.15, 0.2) is 6.10 Å². The van der Waals surface area contributed by atoms with Crippen molar-refractivity contribution in [3.05, 3.63) is 85.1 Å². The van der Waals surface area contributed by atoms with E-state index < -0.39 is 26.5 Å². The first-order chi connectivity index (χ1) is 47.0. The average Bonchev–Trinajstić information content (AvgIpc) is 1.48. The van der Waals surface area contributed by atoms with E-state index in [2.05, 4.69) is 98.9 Å². The number of rotatable bonds is 77. The topological polar surface area (TPSA) is 111 Å². The Bertz CT molecular complexity index is 1900. The number of phosphoric ester groups is 1. The molecule has 2 unspecified atom stereocenters. The number of allylic oxidation sites excluding steroid dienone is 14. The first-order valence-electron chi connectivity index (χ1n) is 41.3. The first kappa shape index (κ1) is 93.2. The number of hydrogen-bond donors (Lipinski definition) is 0. The van der Waals surface area contributed by atoms with Crippen LogP contribution in [0.1, 0.15) is 399 Å². The fourth-order valence-corrected chi connectivity index (χ4v) is 12.9. The second kappa shape index (κ2) is 76.4. The van der Waals surface area contributed by atoms with Crippen LogP contribution in [0.3, 0.4) is 0 Å². The van der Waals surface area contributed by atoms with E-state index in [0.29, 0.717) is 17.4 Å². The molecule has 0 aromatic carbocycles. The summed E-state index contributed by atoms with van der Waals surface area (Å²) in [6.45, 7) is 4.18. The van der Waals surface area contributed by atoms with Crippen LogP contribution in [0.5, 0.6) is 0 Å². The molecule has 0 radical (unpaired) electrons. The van der Waals surface area contributed by atoms with E-state index in [1.54, 1.807) is 0 Å². The zero-order valence-corrected chi connectivity index (χ0v) is 65.0. The molecule has 0 N–H and O–H groups in total. The minimum Gasteiger partial charge on any atom is -0.756 e. The molecule has 0 aromatic rings. The summed E-state index contributed by atoms with van der Waals surface area (Å²) in [5, 5.41) is 0. The minimum absolute atomic E-state index is 0.0302. The van der Waals surface area contributed by atoms with Crippen LogP contribution in [0.2, 0.25) is 0 Å².